The third-order valence-corrected chi connectivity index (χ3v) is 6.85. The molecule has 0 aromatic carbocycles. The number of hydrogen-bond acceptors (Lipinski definition) is 4. The van der Waals surface area contributed by atoms with Crippen LogP contribution in [0.25, 0.3) is 0 Å². The summed E-state index contributed by atoms with van der Waals surface area (Å²) in [4.78, 5) is 12.5. The zero-order valence-corrected chi connectivity index (χ0v) is 14.7. The molecule has 0 bridgehead atoms. The van der Waals surface area contributed by atoms with Crippen LogP contribution in [0.4, 0.5) is 5.69 Å². The second kappa shape index (κ2) is 6.26. The van der Waals surface area contributed by atoms with E-state index in [1.165, 1.54) is 6.42 Å². The minimum atomic E-state index is -2.95. The first-order valence-corrected chi connectivity index (χ1v) is 10.3. The summed E-state index contributed by atoms with van der Waals surface area (Å²) in [6, 6.07) is -0.112. The number of rotatable bonds is 3. The lowest BCUT2D eigenvalue weighted by Gasteiger charge is -2.21. The molecule has 1 aliphatic heterocycles. The maximum atomic E-state index is 12.5. The summed E-state index contributed by atoms with van der Waals surface area (Å²) in [5.41, 5.74) is 2.37. The Hall–Kier alpha value is -1.37. The SMILES string of the molecule is Cc1nn(C2CCS(=O)(=O)C2)c(C)c1NC(=O)C1CCCCC1. The van der Waals surface area contributed by atoms with Gasteiger partial charge in [-0.3, -0.25) is 9.48 Å². The molecule has 0 spiro atoms. The van der Waals surface area contributed by atoms with Crippen molar-refractivity contribution in [1.82, 2.24) is 9.78 Å². The smallest absolute Gasteiger partial charge is 0.227 e. The third-order valence-electron chi connectivity index (χ3n) is 5.10. The van der Waals surface area contributed by atoms with Crippen LogP contribution in [0.1, 0.15) is 56.0 Å². The van der Waals surface area contributed by atoms with Crippen molar-refractivity contribution in [2.24, 2.45) is 5.92 Å². The van der Waals surface area contributed by atoms with Crippen LogP contribution >= 0.6 is 0 Å². The number of sulfone groups is 1. The molecule has 1 aromatic heterocycles. The van der Waals surface area contributed by atoms with E-state index in [4.69, 9.17) is 0 Å². The molecule has 1 aliphatic carbocycles. The average molecular weight is 339 g/mol. The molecule has 1 saturated carbocycles. The van der Waals surface area contributed by atoms with Gasteiger partial charge in [-0.2, -0.15) is 5.10 Å². The average Bonchev–Trinajstić information content (AvgIpc) is 3.01. The highest BCUT2D eigenvalue weighted by molar-refractivity contribution is 7.91. The molecule has 1 unspecified atom stereocenters. The first kappa shape index (κ1) is 16.5. The first-order chi connectivity index (χ1) is 10.9. The van der Waals surface area contributed by atoms with Gasteiger partial charge in [-0.25, -0.2) is 8.42 Å². The molecule has 128 valence electrons. The summed E-state index contributed by atoms with van der Waals surface area (Å²) in [5.74, 6) is 0.539. The van der Waals surface area contributed by atoms with Crippen LogP contribution < -0.4 is 5.32 Å². The van der Waals surface area contributed by atoms with Gasteiger partial charge >= 0.3 is 0 Å². The van der Waals surface area contributed by atoms with Gasteiger partial charge in [0.2, 0.25) is 5.91 Å². The Bertz CT molecular complexity index is 702. The van der Waals surface area contributed by atoms with Gasteiger partial charge in [0, 0.05) is 5.92 Å². The number of hydrogen-bond donors (Lipinski definition) is 1. The summed E-state index contributed by atoms with van der Waals surface area (Å²) < 4.78 is 25.2. The lowest BCUT2D eigenvalue weighted by Crippen LogP contribution is -2.25. The highest BCUT2D eigenvalue weighted by Crippen LogP contribution is 2.30. The predicted molar refractivity (Wildman–Crippen MR) is 89.2 cm³/mol. The van der Waals surface area contributed by atoms with E-state index in [-0.39, 0.29) is 29.4 Å². The van der Waals surface area contributed by atoms with Gasteiger partial charge < -0.3 is 5.32 Å². The molecule has 2 fully saturated rings. The van der Waals surface area contributed by atoms with Crippen LogP contribution in [0, 0.1) is 19.8 Å². The van der Waals surface area contributed by atoms with Crippen molar-refractivity contribution in [2.45, 2.75) is 58.4 Å². The molecule has 1 N–H and O–H groups in total. The Balaban J connectivity index is 1.77. The minimum Gasteiger partial charge on any atom is -0.323 e. The van der Waals surface area contributed by atoms with E-state index in [0.29, 0.717) is 6.42 Å². The standard InChI is InChI=1S/C16H25N3O3S/c1-11-15(17-16(20)13-6-4-3-5-7-13)12(2)19(18-11)14-8-9-23(21,22)10-14/h13-14H,3-10H2,1-2H3,(H,17,20). The molecule has 2 heterocycles. The molecule has 7 heteroatoms. The van der Waals surface area contributed by atoms with Crippen LogP contribution in [0.15, 0.2) is 0 Å². The summed E-state index contributed by atoms with van der Waals surface area (Å²) in [6.45, 7) is 3.77. The zero-order chi connectivity index (χ0) is 16.6. The Morgan fingerprint density at radius 3 is 2.48 bits per heavy atom. The summed E-state index contributed by atoms with van der Waals surface area (Å²) >= 11 is 0. The Morgan fingerprint density at radius 2 is 1.87 bits per heavy atom. The molecule has 2 aliphatic rings. The predicted octanol–water partition coefficient (Wildman–Crippen LogP) is 2.38. The van der Waals surface area contributed by atoms with Gasteiger partial charge in [0.05, 0.1) is 34.6 Å². The molecule has 1 atom stereocenters. The maximum Gasteiger partial charge on any atom is 0.227 e. The van der Waals surface area contributed by atoms with Crippen molar-refractivity contribution in [3.8, 4) is 0 Å². The minimum absolute atomic E-state index is 0.0782. The van der Waals surface area contributed by atoms with E-state index in [2.05, 4.69) is 10.4 Å². The molecule has 1 saturated heterocycles. The Kier molecular flexibility index (Phi) is 4.49. The van der Waals surface area contributed by atoms with Gasteiger partial charge in [0.25, 0.3) is 0 Å². The van der Waals surface area contributed by atoms with E-state index in [1.807, 2.05) is 13.8 Å². The van der Waals surface area contributed by atoms with Crippen molar-refractivity contribution < 1.29 is 13.2 Å². The van der Waals surface area contributed by atoms with E-state index in [1.54, 1.807) is 4.68 Å². The van der Waals surface area contributed by atoms with Crippen LogP contribution in [0.3, 0.4) is 0 Å². The number of anilines is 1. The molecule has 23 heavy (non-hydrogen) atoms. The van der Waals surface area contributed by atoms with Crippen LogP contribution in [-0.2, 0) is 14.6 Å². The van der Waals surface area contributed by atoms with Crippen molar-refractivity contribution >= 4 is 21.4 Å². The number of aromatic nitrogens is 2. The molecular formula is C16H25N3O3S. The van der Waals surface area contributed by atoms with Crippen molar-refractivity contribution in [3.05, 3.63) is 11.4 Å². The second-order valence-electron chi connectivity index (χ2n) is 6.87. The van der Waals surface area contributed by atoms with Gasteiger partial charge in [-0.15, -0.1) is 0 Å². The molecule has 0 radical (unpaired) electrons. The molecular weight excluding hydrogens is 314 g/mol. The van der Waals surface area contributed by atoms with Gasteiger partial charge in [-0.1, -0.05) is 19.3 Å². The molecule has 1 amide bonds. The fourth-order valence-corrected chi connectivity index (χ4v) is 5.45. The number of aryl methyl sites for hydroxylation is 1. The topological polar surface area (TPSA) is 81.1 Å². The summed E-state index contributed by atoms with van der Waals surface area (Å²) in [6.07, 6.45) is 5.97. The fraction of sp³-hybridized carbons (Fsp3) is 0.750. The van der Waals surface area contributed by atoms with E-state index in [9.17, 15) is 13.2 Å². The highest BCUT2D eigenvalue weighted by atomic mass is 32.2. The van der Waals surface area contributed by atoms with Crippen LogP contribution in [0.2, 0.25) is 0 Å². The lowest BCUT2D eigenvalue weighted by atomic mass is 9.88. The summed E-state index contributed by atoms with van der Waals surface area (Å²) in [5, 5.41) is 7.53. The van der Waals surface area contributed by atoms with E-state index in [0.717, 1.165) is 42.8 Å². The van der Waals surface area contributed by atoms with Crippen LogP contribution in [0.5, 0.6) is 0 Å². The number of amides is 1. The van der Waals surface area contributed by atoms with Gasteiger partial charge in [-0.05, 0) is 33.1 Å². The largest absolute Gasteiger partial charge is 0.323 e. The quantitative estimate of drug-likeness (QED) is 0.917. The molecule has 6 nitrogen and oxygen atoms in total. The first-order valence-electron chi connectivity index (χ1n) is 8.44. The normalized spacial score (nSPS) is 24.7. The number of nitrogens with zero attached hydrogens (tertiary/aromatic N) is 2. The number of nitrogens with one attached hydrogen (secondary N) is 1. The van der Waals surface area contributed by atoms with E-state index >= 15 is 0 Å². The fourth-order valence-electron chi connectivity index (χ4n) is 3.76. The Morgan fingerprint density at radius 1 is 1.17 bits per heavy atom. The van der Waals surface area contributed by atoms with Crippen LogP contribution in [-0.4, -0.2) is 35.6 Å². The molecule has 3 rings (SSSR count). The van der Waals surface area contributed by atoms with E-state index < -0.39 is 9.84 Å². The number of carbonyl (C=O) groups excluding carboxylic acids is 1. The third kappa shape index (κ3) is 3.44. The van der Waals surface area contributed by atoms with Gasteiger partial charge in [0.1, 0.15) is 0 Å². The summed E-state index contributed by atoms with van der Waals surface area (Å²) in [7, 11) is -2.95. The highest BCUT2D eigenvalue weighted by Gasteiger charge is 2.32. The maximum absolute atomic E-state index is 12.5. The molecule has 1 aromatic rings. The second-order valence-corrected chi connectivity index (χ2v) is 9.10. The monoisotopic (exact) mass is 339 g/mol. The number of carbonyl (C=O) groups is 1. The van der Waals surface area contributed by atoms with Crippen molar-refractivity contribution in [1.29, 1.82) is 0 Å². The lowest BCUT2D eigenvalue weighted by molar-refractivity contribution is -0.120. The zero-order valence-electron chi connectivity index (χ0n) is 13.8. The van der Waals surface area contributed by atoms with Crippen molar-refractivity contribution in [3.63, 3.8) is 0 Å². The Labute approximate surface area is 137 Å². The van der Waals surface area contributed by atoms with Crippen molar-refractivity contribution in [2.75, 3.05) is 16.8 Å². The van der Waals surface area contributed by atoms with Gasteiger partial charge in [0.15, 0.2) is 9.84 Å².